The van der Waals surface area contributed by atoms with Crippen LogP contribution in [0.2, 0.25) is 0 Å². The van der Waals surface area contributed by atoms with Crippen LogP contribution in [0, 0.1) is 0 Å². The van der Waals surface area contributed by atoms with Gasteiger partial charge in [-0.2, -0.15) is 0 Å². The van der Waals surface area contributed by atoms with Crippen molar-refractivity contribution in [2.45, 2.75) is 13.3 Å². The van der Waals surface area contributed by atoms with Gasteiger partial charge in [0.2, 0.25) is 5.91 Å². The van der Waals surface area contributed by atoms with Crippen LogP contribution in [-0.2, 0) is 4.79 Å². The second kappa shape index (κ2) is 5.61. The van der Waals surface area contributed by atoms with Gasteiger partial charge in [0.1, 0.15) is 0 Å². The number of amides is 1. The monoisotopic (exact) mass is 226 g/mol. The van der Waals surface area contributed by atoms with E-state index in [2.05, 4.69) is 15.3 Å². The number of hydrazine groups is 1. The van der Waals surface area contributed by atoms with Gasteiger partial charge in [-0.05, 0) is 0 Å². The van der Waals surface area contributed by atoms with Gasteiger partial charge in [0, 0.05) is 58.8 Å². The highest BCUT2D eigenvalue weighted by Crippen LogP contribution is 2.07. The van der Waals surface area contributed by atoms with Gasteiger partial charge in [-0.25, -0.2) is 10.0 Å². The summed E-state index contributed by atoms with van der Waals surface area (Å²) in [7, 11) is 0. The Morgan fingerprint density at radius 1 is 1.00 bits per heavy atom. The molecule has 2 saturated heterocycles. The smallest absolute Gasteiger partial charge is 0.222 e. The molecule has 5 heteroatoms. The first-order valence-corrected chi connectivity index (χ1v) is 6.29. The van der Waals surface area contributed by atoms with Gasteiger partial charge in [0.25, 0.3) is 0 Å². The molecule has 92 valence electrons. The normalized spacial score (nSPS) is 24.7. The van der Waals surface area contributed by atoms with Crippen molar-refractivity contribution in [3.63, 3.8) is 0 Å². The van der Waals surface area contributed by atoms with Crippen molar-refractivity contribution >= 4 is 5.91 Å². The molecule has 2 fully saturated rings. The number of rotatable bonds is 2. The van der Waals surface area contributed by atoms with Crippen molar-refractivity contribution in [2.75, 3.05) is 52.4 Å². The maximum absolute atomic E-state index is 11.5. The Balaban J connectivity index is 1.78. The zero-order chi connectivity index (χ0) is 11.4. The highest BCUT2D eigenvalue weighted by molar-refractivity contribution is 5.75. The quantitative estimate of drug-likeness (QED) is 0.680. The average Bonchev–Trinajstić information content (AvgIpc) is 2.39. The van der Waals surface area contributed by atoms with Crippen molar-refractivity contribution in [3.05, 3.63) is 0 Å². The molecular weight excluding hydrogens is 204 g/mol. The molecule has 1 N–H and O–H groups in total. The molecule has 0 spiro atoms. The van der Waals surface area contributed by atoms with Gasteiger partial charge >= 0.3 is 0 Å². The molecule has 2 aliphatic heterocycles. The maximum atomic E-state index is 11.5. The van der Waals surface area contributed by atoms with Crippen LogP contribution in [0.3, 0.4) is 0 Å². The first-order chi connectivity index (χ1) is 7.81. The third kappa shape index (κ3) is 2.72. The summed E-state index contributed by atoms with van der Waals surface area (Å²) in [6.45, 7) is 10.0. The highest BCUT2D eigenvalue weighted by atomic mass is 16.2. The fourth-order valence-electron chi connectivity index (χ4n) is 2.39. The van der Waals surface area contributed by atoms with E-state index < -0.39 is 0 Å². The third-order valence-corrected chi connectivity index (χ3v) is 3.40. The Morgan fingerprint density at radius 2 is 1.56 bits per heavy atom. The highest BCUT2D eigenvalue weighted by Gasteiger charge is 2.24. The molecule has 0 aromatic carbocycles. The number of hydrogen-bond donors (Lipinski definition) is 1. The van der Waals surface area contributed by atoms with Gasteiger partial charge in [-0.15, -0.1) is 0 Å². The lowest BCUT2D eigenvalue weighted by atomic mass is 10.3. The second-order valence-corrected chi connectivity index (χ2v) is 4.39. The van der Waals surface area contributed by atoms with Crippen LogP contribution in [0.4, 0.5) is 0 Å². The lowest BCUT2D eigenvalue weighted by Gasteiger charge is -2.42. The van der Waals surface area contributed by atoms with Gasteiger partial charge < -0.3 is 10.2 Å². The molecule has 0 saturated carbocycles. The number of piperazine rings is 2. The van der Waals surface area contributed by atoms with Crippen molar-refractivity contribution in [2.24, 2.45) is 0 Å². The summed E-state index contributed by atoms with van der Waals surface area (Å²) in [6.07, 6.45) is 0.633. The Bertz CT molecular complexity index is 232. The average molecular weight is 226 g/mol. The van der Waals surface area contributed by atoms with E-state index in [4.69, 9.17) is 0 Å². The van der Waals surface area contributed by atoms with Crippen LogP contribution in [0.25, 0.3) is 0 Å². The minimum absolute atomic E-state index is 0.292. The number of carbonyl (C=O) groups excluding carboxylic acids is 1. The van der Waals surface area contributed by atoms with E-state index in [-0.39, 0.29) is 0 Å². The van der Waals surface area contributed by atoms with E-state index in [1.165, 1.54) is 0 Å². The van der Waals surface area contributed by atoms with Crippen LogP contribution < -0.4 is 5.32 Å². The summed E-state index contributed by atoms with van der Waals surface area (Å²) in [6, 6.07) is 0. The van der Waals surface area contributed by atoms with Crippen LogP contribution in [0.15, 0.2) is 0 Å². The number of carbonyl (C=O) groups is 1. The number of nitrogens with zero attached hydrogens (tertiary/aromatic N) is 3. The summed E-state index contributed by atoms with van der Waals surface area (Å²) in [5.41, 5.74) is 0. The van der Waals surface area contributed by atoms with E-state index in [9.17, 15) is 4.79 Å². The largest absolute Gasteiger partial charge is 0.340 e. The van der Waals surface area contributed by atoms with Crippen LogP contribution in [-0.4, -0.2) is 73.2 Å². The molecule has 5 nitrogen and oxygen atoms in total. The lowest BCUT2D eigenvalue weighted by molar-refractivity contribution is -0.136. The SMILES string of the molecule is CCC(=O)N1CCN(N2CCNCC2)CC1. The second-order valence-electron chi connectivity index (χ2n) is 4.39. The molecule has 0 aromatic rings. The van der Waals surface area contributed by atoms with Crippen molar-refractivity contribution in [1.82, 2.24) is 20.2 Å². The molecule has 2 heterocycles. The summed E-state index contributed by atoms with van der Waals surface area (Å²) in [4.78, 5) is 13.5. The lowest BCUT2D eigenvalue weighted by Crippen LogP contribution is -2.58. The van der Waals surface area contributed by atoms with Gasteiger partial charge in [-0.1, -0.05) is 6.92 Å². The van der Waals surface area contributed by atoms with Crippen molar-refractivity contribution in [3.8, 4) is 0 Å². The zero-order valence-electron chi connectivity index (χ0n) is 10.1. The minimum Gasteiger partial charge on any atom is -0.340 e. The summed E-state index contributed by atoms with van der Waals surface area (Å²) >= 11 is 0. The molecule has 0 bridgehead atoms. The van der Waals surface area contributed by atoms with Crippen LogP contribution in [0.1, 0.15) is 13.3 Å². The van der Waals surface area contributed by atoms with E-state index in [1.54, 1.807) is 0 Å². The Labute approximate surface area is 97.3 Å². The summed E-state index contributed by atoms with van der Waals surface area (Å²) in [5.74, 6) is 0.292. The fraction of sp³-hybridized carbons (Fsp3) is 0.909. The summed E-state index contributed by atoms with van der Waals surface area (Å²) in [5, 5.41) is 8.18. The summed E-state index contributed by atoms with van der Waals surface area (Å²) < 4.78 is 0. The Kier molecular flexibility index (Phi) is 4.15. The number of nitrogens with one attached hydrogen (secondary N) is 1. The van der Waals surface area contributed by atoms with Crippen molar-refractivity contribution < 1.29 is 4.79 Å². The minimum atomic E-state index is 0.292. The molecule has 0 aliphatic carbocycles. The topological polar surface area (TPSA) is 38.8 Å². The van der Waals surface area contributed by atoms with E-state index in [1.807, 2.05) is 11.8 Å². The molecule has 0 unspecified atom stereocenters. The van der Waals surface area contributed by atoms with Crippen LogP contribution in [0.5, 0.6) is 0 Å². The molecule has 2 rings (SSSR count). The number of hydrogen-bond acceptors (Lipinski definition) is 4. The van der Waals surface area contributed by atoms with Crippen LogP contribution >= 0.6 is 0 Å². The van der Waals surface area contributed by atoms with E-state index in [0.29, 0.717) is 12.3 Å². The molecule has 0 radical (unpaired) electrons. The van der Waals surface area contributed by atoms with Crippen molar-refractivity contribution in [1.29, 1.82) is 0 Å². The molecule has 16 heavy (non-hydrogen) atoms. The Hall–Kier alpha value is -0.650. The molecule has 0 atom stereocenters. The third-order valence-electron chi connectivity index (χ3n) is 3.40. The first kappa shape index (κ1) is 11.8. The van der Waals surface area contributed by atoms with Gasteiger partial charge in [0.15, 0.2) is 0 Å². The predicted octanol–water partition coefficient (Wildman–Crippen LogP) is -0.639. The molecule has 0 aromatic heterocycles. The first-order valence-electron chi connectivity index (χ1n) is 6.29. The molecule has 2 aliphatic rings. The van der Waals surface area contributed by atoms with Gasteiger partial charge in [-0.3, -0.25) is 4.79 Å². The van der Waals surface area contributed by atoms with Gasteiger partial charge in [0.05, 0.1) is 0 Å². The Morgan fingerprint density at radius 3 is 2.12 bits per heavy atom. The van der Waals surface area contributed by atoms with E-state index >= 15 is 0 Å². The zero-order valence-corrected chi connectivity index (χ0v) is 10.1. The predicted molar refractivity (Wildman–Crippen MR) is 62.9 cm³/mol. The van der Waals surface area contributed by atoms with E-state index in [0.717, 1.165) is 52.4 Å². The molecular formula is C11H22N4O. The fourth-order valence-corrected chi connectivity index (χ4v) is 2.39. The molecule has 1 amide bonds. The maximum Gasteiger partial charge on any atom is 0.222 e. The standard InChI is InChI=1S/C11H22N4O/c1-2-11(16)13-7-9-15(10-8-13)14-5-3-12-4-6-14/h12H,2-10H2,1H3.